The fourth-order valence-corrected chi connectivity index (χ4v) is 2.49. The molecule has 1 nitrogen and oxygen atoms in total. The summed E-state index contributed by atoms with van der Waals surface area (Å²) in [6.45, 7) is 1.06. The standard InChI is InChI=1S/C15H12F3N/c16-15(17,18)13-7-3-4-8-14(13)19-9-11-5-1-2-6-12(11)10-19/h1-8H,9-10H2. The molecule has 1 aliphatic heterocycles. The second-order valence-corrected chi connectivity index (χ2v) is 4.64. The number of hydrogen-bond acceptors (Lipinski definition) is 1. The summed E-state index contributed by atoms with van der Waals surface area (Å²) in [6.07, 6.45) is -4.31. The lowest BCUT2D eigenvalue weighted by molar-refractivity contribution is -0.137. The molecule has 0 saturated carbocycles. The Morgan fingerprint density at radius 1 is 0.789 bits per heavy atom. The van der Waals surface area contributed by atoms with E-state index in [9.17, 15) is 13.2 Å². The number of rotatable bonds is 1. The molecule has 0 spiro atoms. The summed E-state index contributed by atoms with van der Waals surface area (Å²) in [4.78, 5) is 1.77. The molecule has 2 aromatic rings. The van der Waals surface area contributed by atoms with Crippen LogP contribution in [0.5, 0.6) is 0 Å². The van der Waals surface area contributed by atoms with Crippen molar-refractivity contribution < 1.29 is 13.2 Å². The summed E-state index contributed by atoms with van der Waals surface area (Å²) in [5.74, 6) is 0. The van der Waals surface area contributed by atoms with Gasteiger partial charge in [-0.25, -0.2) is 0 Å². The van der Waals surface area contributed by atoms with Crippen molar-refractivity contribution >= 4 is 5.69 Å². The van der Waals surface area contributed by atoms with Crippen LogP contribution in [0.15, 0.2) is 48.5 Å². The van der Waals surface area contributed by atoms with Crippen molar-refractivity contribution in [3.63, 3.8) is 0 Å². The molecule has 1 heterocycles. The van der Waals surface area contributed by atoms with Crippen molar-refractivity contribution in [1.82, 2.24) is 0 Å². The van der Waals surface area contributed by atoms with Gasteiger partial charge in [-0.2, -0.15) is 13.2 Å². The van der Waals surface area contributed by atoms with Gasteiger partial charge in [0.25, 0.3) is 0 Å². The Hall–Kier alpha value is -1.97. The molecule has 0 bridgehead atoms. The Morgan fingerprint density at radius 3 is 1.89 bits per heavy atom. The molecule has 1 aliphatic rings. The van der Waals surface area contributed by atoms with Gasteiger partial charge < -0.3 is 4.90 Å². The fraction of sp³-hybridized carbons (Fsp3) is 0.200. The predicted molar refractivity (Wildman–Crippen MR) is 67.8 cm³/mol. The van der Waals surface area contributed by atoms with Crippen molar-refractivity contribution in [2.45, 2.75) is 19.3 Å². The van der Waals surface area contributed by atoms with Gasteiger partial charge >= 0.3 is 6.18 Å². The molecule has 98 valence electrons. The third kappa shape index (κ3) is 2.18. The third-order valence-electron chi connectivity index (χ3n) is 3.39. The molecular formula is C15H12F3N. The third-order valence-corrected chi connectivity index (χ3v) is 3.39. The topological polar surface area (TPSA) is 3.24 Å². The quantitative estimate of drug-likeness (QED) is 0.744. The average Bonchev–Trinajstić information content (AvgIpc) is 2.81. The highest BCUT2D eigenvalue weighted by Crippen LogP contribution is 2.39. The summed E-state index contributed by atoms with van der Waals surface area (Å²) in [6, 6.07) is 13.5. The number of hydrogen-bond donors (Lipinski definition) is 0. The maximum Gasteiger partial charge on any atom is 0.418 e. The minimum atomic E-state index is -4.31. The maximum atomic E-state index is 13.0. The van der Waals surface area contributed by atoms with Crippen molar-refractivity contribution in [2.75, 3.05) is 4.90 Å². The first-order valence-corrected chi connectivity index (χ1v) is 6.03. The molecule has 3 rings (SSSR count). The van der Waals surface area contributed by atoms with Crippen LogP contribution < -0.4 is 4.90 Å². The summed E-state index contributed by atoms with van der Waals surface area (Å²) < 4.78 is 39.0. The highest BCUT2D eigenvalue weighted by molar-refractivity contribution is 5.58. The zero-order valence-corrected chi connectivity index (χ0v) is 10.1. The number of para-hydroxylation sites is 1. The van der Waals surface area contributed by atoms with Gasteiger partial charge in [-0.1, -0.05) is 36.4 Å². The number of alkyl halides is 3. The van der Waals surface area contributed by atoms with Crippen LogP contribution >= 0.6 is 0 Å². The van der Waals surface area contributed by atoms with E-state index in [-0.39, 0.29) is 5.69 Å². The van der Waals surface area contributed by atoms with Gasteiger partial charge in [0, 0.05) is 18.8 Å². The van der Waals surface area contributed by atoms with E-state index < -0.39 is 11.7 Å². The molecule has 0 saturated heterocycles. The lowest BCUT2D eigenvalue weighted by atomic mass is 10.1. The van der Waals surface area contributed by atoms with Gasteiger partial charge in [0.2, 0.25) is 0 Å². The fourth-order valence-electron chi connectivity index (χ4n) is 2.49. The second-order valence-electron chi connectivity index (χ2n) is 4.64. The molecule has 0 fully saturated rings. The van der Waals surface area contributed by atoms with E-state index >= 15 is 0 Å². The Labute approximate surface area is 109 Å². The van der Waals surface area contributed by atoms with Crippen molar-refractivity contribution in [3.05, 3.63) is 65.2 Å². The van der Waals surface area contributed by atoms with E-state index in [1.54, 1.807) is 11.0 Å². The Kier molecular flexibility index (Phi) is 2.73. The number of benzene rings is 2. The molecule has 19 heavy (non-hydrogen) atoms. The van der Waals surface area contributed by atoms with Gasteiger partial charge in [0.1, 0.15) is 0 Å². The number of halogens is 3. The molecule has 0 radical (unpaired) electrons. The normalized spacial score (nSPS) is 14.6. The van der Waals surface area contributed by atoms with E-state index in [0.29, 0.717) is 13.1 Å². The van der Waals surface area contributed by atoms with E-state index in [1.165, 1.54) is 12.1 Å². The van der Waals surface area contributed by atoms with Crippen LogP contribution in [0, 0.1) is 0 Å². The van der Waals surface area contributed by atoms with Crippen LogP contribution in [0.25, 0.3) is 0 Å². The second kappa shape index (κ2) is 4.30. The number of anilines is 1. The van der Waals surface area contributed by atoms with Gasteiger partial charge in [-0.3, -0.25) is 0 Å². The minimum absolute atomic E-state index is 0.256. The van der Waals surface area contributed by atoms with Crippen LogP contribution in [0.2, 0.25) is 0 Å². The number of fused-ring (bicyclic) bond motifs is 1. The first kappa shape index (κ1) is 12.1. The molecule has 0 aromatic heterocycles. The summed E-state index contributed by atoms with van der Waals surface area (Å²) in [5, 5.41) is 0. The molecule has 2 aromatic carbocycles. The molecule has 0 N–H and O–H groups in total. The highest BCUT2D eigenvalue weighted by atomic mass is 19.4. The largest absolute Gasteiger partial charge is 0.418 e. The van der Waals surface area contributed by atoms with E-state index in [0.717, 1.165) is 17.2 Å². The molecule has 0 atom stereocenters. The SMILES string of the molecule is FC(F)(F)c1ccccc1N1Cc2ccccc2C1. The Balaban J connectivity index is 1.98. The van der Waals surface area contributed by atoms with E-state index in [4.69, 9.17) is 0 Å². The highest BCUT2D eigenvalue weighted by Gasteiger charge is 2.35. The van der Waals surface area contributed by atoms with Crippen LogP contribution in [-0.4, -0.2) is 0 Å². The average molecular weight is 263 g/mol. The summed E-state index contributed by atoms with van der Waals surface area (Å²) in [5.41, 5.74) is 1.88. The van der Waals surface area contributed by atoms with Crippen LogP contribution in [0.3, 0.4) is 0 Å². The first-order chi connectivity index (χ1) is 9.05. The zero-order valence-electron chi connectivity index (χ0n) is 10.1. The Bertz CT molecular complexity index is 579. The van der Waals surface area contributed by atoms with Gasteiger partial charge in [-0.15, -0.1) is 0 Å². The predicted octanol–water partition coefficient (Wildman–Crippen LogP) is 4.23. The smallest absolute Gasteiger partial charge is 0.362 e. The van der Waals surface area contributed by atoms with E-state index in [1.807, 2.05) is 24.3 Å². The lowest BCUT2D eigenvalue weighted by Crippen LogP contribution is -2.19. The Morgan fingerprint density at radius 2 is 1.32 bits per heavy atom. The van der Waals surface area contributed by atoms with Gasteiger partial charge in [-0.05, 0) is 23.3 Å². The van der Waals surface area contributed by atoms with Crippen LogP contribution in [0.1, 0.15) is 16.7 Å². The first-order valence-electron chi connectivity index (χ1n) is 6.03. The molecule has 0 amide bonds. The van der Waals surface area contributed by atoms with Crippen molar-refractivity contribution in [2.24, 2.45) is 0 Å². The maximum absolute atomic E-state index is 13.0. The van der Waals surface area contributed by atoms with Crippen LogP contribution in [-0.2, 0) is 19.3 Å². The summed E-state index contributed by atoms with van der Waals surface area (Å²) in [7, 11) is 0. The number of nitrogens with zero attached hydrogens (tertiary/aromatic N) is 1. The zero-order chi connectivity index (χ0) is 13.5. The molecule has 4 heteroatoms. The van der Waals surface area contributed by atoms with Crippen molar-refractivity contribution in [3.8, 4) is 0 Å². The van der Waals surface area contributed by atoms with Gasteiger partial charge in [0.05, 0.1) is 5.56 Å². The lowest BCUT2D eigenvalue weighted by Gasteiger charge is -2.22. The summed E-state index contributed by atoms with van der Waals surface area (Å²) >= 11 is 0. The molecule has 0 aliphatic carbocycles. The molecular weight excluding hydrogens is 251 g/mol. The monoisotopic (exact) mass is 263 g/mol. The molecule has 0 unspecified atom stereocenters. The minimum Gasteiger partial charge on any atom is -0.362 e. The van der Waals surface area contributed by atoms with E-state index in [2.05, 4.69) is 0 Å². The van der Waals surface area contributed by atoms with Crippen molar-refractivity contribution in [1.29, 1.82) is 0 Å². The van der Waals surface area contributed by atoms with Crippen LogP contribution in [0.4, 0.5) is 18.9 Å². The van der Waals surface area contributed by atoms with Gasteiger partial charge in [0.15, 0.2) is 0 Å².